The standard InChI is InChI=1S/C26H24N4O2/c1-19-7-5-6-10-21(19)15-29-17-24-25(32-18-26(29)31)12-11-23(28-24)22-13-27-30(16-22)14-20-8-3-2-4-9-20/h2-13,16H,14-15,17-18H2,1H3. The molecule has 0 unspecified atom stereocenters. The van der Waals surface area contributed by atoms with Crippen molar-refractivity contribution in [2.75, 3.05) is 6.61 Å². The zero-order valence-corrected chi connectivity index (χ0v) is 17.9. The van der Waals surface area contributed by atoms with Crippen LogP contribution in [0.5, 0.6) is 5.75 Å². The number of pyridine rings is 1. The fraction of sp³-hybridized carbons (Fsp3) is 0.192. The fourth-order valence-electron chi connectivity index (χ4n) is 3.88. The summed E-state index contributed by atoms with van der Waals surface area (Å²) in [6.07, 6.45) is 3.82. The van der Waals surface area contributed by atoms with Crippen LogP contribution < -0.4 is 4.74 Å². The molecule has 5 rings (SSSR count). The third kappa shape index (κ3) is 4.25. The number of hydrogen-bond donors (Lipinski definition) is 0. The fourth-order valence-corrected chi connectivity index (χ4v) is 3.88. The van der Waals surface area contributed by atoms with Gasteiger partial charge in [-0.1, -0.05) is 54.6 Å². The molecule has 0 saturated heterocycles. The number of amides is 1. The summed E-state index contributed by atoms with van der Waals surface area (Å²) in [7, 11) is 0. The van der Waals surface area contributed by atoms with Crippen LogP contribution in [0.2, 0.25) is 0 Å². The Kier molecular flexibility index (Phi) is 5.42. The van der Waals surface area contributed by atoms with Gasteiger partial charge in [0.15, 0.2) is 6.61 Å². The van der Waals surface area contributed by atoms with E-state index in [0.29, 0.717) is 25.4 Å². The Hall–Kier alpha value is -3.93. The number of rotatable bonds is 5. The molecule has 0 aliphatic carbocycles. The number of carbonyl (C=O) groups excluding carboxylic acids is 1. The second-order valence-corrected chi connectivity index (χ2v) is 8.02. The van der Waals surface area contributed by atoms with Gasteiger partial charge in [-0.25, -0.2) is 4.98 Å². The summed E-state index contributed by atoms with van der Waals surface area (Å²) in [5.41, 5.74) is 6.00. The maximum atomic E-state index is 12.7. The molecule has 1 amide bonds. The second-order valence-electron chi connectivity index (χ2n) is 8.02. The van der Waals surface area contributed by atoms with Crippen molar-refractivity contribution < 1.29 is 9.53 Å². The monoisotopic (exact) mass is 424 g/mol. The molecule has 32 heavy (non-hydrogen) atoms. The summed E-state index contributed by atoms with van der Waals surface area (Å²) in [6.45, 7) is 3.73. The largest absolute Gasteiger partial charge is 0.482 e. The van der Waals surface area contributed by atoms with Crippen molar-refractivity contribution in [2.45, 2.75) is 26.6 Å². The Balaban J connectivity index is 1.38. The quantitative estimate of drug-likeness (QED) is 0.481. The number of carbonyl (C=O) groups is 1. The topological polar surface area (TPSA) is 60.3 Å². The first-order chi connectivity index (χ1) is 15.7. The normalized spacial score (nSPS) is 13.4. The number of aromatic nitrogens is 3. The summed E-state index contributed by atoms with van der Waals surface area (Å²) in [5, 5.41) is 4.49. The molecule has 4 aromatic rings. The SMILES string of the molecule is Cc1ccccc1CN1Cc2nc(-c3cnn(Cc4ccccc4)c3)ccc2OCC1=O. The minimum atomic E-state index is -0.0384. The van der Waals surface area contributed by atoms with Crippen molar-refractivity contribution in [3.8, 4) is 17.0 Å². The molecule has 0 N–H and O–H groups in total. The Bertz CT molecular complexity index is 1250. The van der Waals surface area contributed by atoms with Gasteiger partial charge in [0.25, 0.3) is 5.91 Å². The van der Waals surface area contributed by atoms with Crippen LogP contribution in [0.15, 0.2) is 79.1 Å². The van der Waals surface area contributed by atoms with E-state index in [1.807, 2.05) is 64.4 Å². The molecule has 6 heteroatoms. The van der Waals surface area contributed by atoms with E-state index in [9.17, 15) is 4.79 Å². The Morgan fingerprint density at radius 2 is 1.78 bits per heavy atom. The van der Waals surface area contributed by atoms with Crippen LogP contribution in [-0.2, 0) is 24.4 Å². The van der Waals surface area contributed by atoms with Gasteiger partial charge in [-0.15, -0.1) is 0 Å². The molecule has 160 valence electrons. The van der Waals surface area contributed by atoms with E-state index in [2.05, 4.69) is 36.3 Å². The van der Waals surface area contributed by atoms with E-state index in [-0.39, 0.29) is 12.5 Å². The molecule has 0 radical (unpaired) electrons. The number of aryl methyl sites for hydroxylation is 1. The molecular formula is C26H24N4O2. The highest BCUT2D eigenvalue weighted by atomic mass is 16.5. The lowest BCUT2D eigenvalue weighted by atomic mass is 10.1. The molecule has 0 saturated carbocycles. The van der Waals surface area contributed by atoms with Crippen molar-refractivity contribution in [3.05, 3.63) is 102 Å². The first-order valence-corrected chi connectivity index (χ1v) is 10.7. The number of hydrogen-bond acceptors (Lipinski definition) is 4. The van der Waals surface area contributed by atoms with E-state index < -0.39 is 0 Å². The average Bonchev–Trinajstić information content (AvgIpc) is 3.21. The molecule has 2 aromatic carbocycles. The summed E-state index contributed by atoms with van der Waals surface area (Å²) in [4.78, 5) is 19.3. The number of ether oxygens (including phenoxy) is 1. The molecule has 3 heterocycles. The Morgan fingerprint density at radius 3 is 2.62 bits per heavy atom. The summed E-state index contributed by atoms with van der Waals surface area (Å²) < 4.78 is 7.66. The summed E-state index contributed by atoms with van der Waals surface area (Å²) in [5.74, 6) is 0.620. The van der Waals surface area contributed by atoms with E-state index >= 15 is 0 Å². The van der Waals surface area contributed by atoms with Gasteiger partial charge in [-0.2, -0.15) is 5.10 Å². The van der Waals surface area contributed by atoms with Crippen molar-refractivity contribution in [1.29, 1.82) is 0 Å². The van der Waals surface area contributed by atoms with E-state index in [1.165, 1.54) is 11.1 Å². The van der Waals surface area contributed by atoms with E-state index in [0.717, 1.165) is 22.5 Å². The molecule has 0 fully saturated rings. The van der Waals surface area contributed by atoms with Crippen LogP contribution in [0.1, 0.15) is 22.4 Å². The van der Waals surface area contributed by atoms with Crippen LogP contribution in [0.4, 0.5) is 0 Å². The third-order valence-electron chi connectivity index (χ3n) is 5.72. The highest BCUT2D eigenvalue weighted by Gasteiger charge is 2.23. The zero-order chi connectivity index (χ0) is 21.9. The third-order valence-corrected chi connectivity index (χ3v) is 5.72. The molecule has 1 aliphatic heterocycles. The first-order valence-electron chi connectivity index (χ1n) is 10.7. The lowest BCUT2D eigenvalue weighted by Gasteiger charge is -2.20. The predicted octanol–water partition coefficient (Wildman–Crippen LogP) is 4.22. The second kappa shape index (κ2) is 8.67. The molecule has 0 atom stereocenters. The van der Waals surface area contributed by atoms with Gasteiger partial charge in [-0.3, -0.25) is 9.48 Å². The van der Waals surface area contributed by atoms with Crippen LogP contribution in [0.3, 0.4) is 0 Å². The van der Waals surface area contributed by atoms with Crippen molar-refractivity contribution in [1.82, 2.24) is 19.7 Å². The van der Waals surface area contributed by atoms with Gasteiger partial charge < -0.3 is 9.64 Å². The smallest absolute Gasteiger partial charge is 0.261 e. The highest BCUT2D eigenvalue weighted by molar-refractivity contribution is 5.78. The maximum absolute atomic E-state index is 12.7. The summed E-state index contributed by atoms with van der Waals surface area (Å²) in [6, 6.07) is 22.2. The van der Waals surface area contributed by atoms with Gasteiger partial charge in [-0.05, 0) is 35.7 Å². The Morgan fingerprint density at radius 1 is 0.969 bits per heavy atom. The maximum Gasteiger partial charge on any atom is 0.261 e. The van der Waals surface area contributed by atoms with Crippen LogP contribution in [0, 0.1) is 6.92 Å². The number of nitrogens with zero attached hydrogens (tertiary/aromatic N) is 4. The molecular weight excluding hydrogens is 400 g/mol. The van der Waals surface area contributed by atoms with Gasteiger partial charge in [0.2, 0.25) is 0 Å². The molecule has 0 spiro atoms. The average molecular weight is 425 g/mol. The Labute approximate surface area is 187 Å². The lowest BCUT2D eigenvalue weighted by Crippen LogP contribution is -2.32. The molecule has 0 bridgehead atoms. The minimum Gasteiger partial charge on any atom is -0.482 e. The summed E-state index contributed by atoms with van der Waals surface area (Å²) >= 11 is 0. The van der Waals surface area contributed by atoms with Crippen molar-refractivity contribution in [3.63, 3.8) is 0 Å². The van der Waals surface area contributed by atoms with Crippen molar-refractivity contribution >= 4 is 5.91 Å². The predicted molar refractivity (Wildman–Crippen MR) is 122 cm³/mol. The van der Waals surface area contributed by atoms with Crippen LogP contribution >= 0.6 is 0 Å². The van der Waals surface area contributed by atoms with E-state index in [4.69, 9.17) is 9.72 Å². The minimum absolute atomic E-state index is 0.0227. The van der Waals surface area contributed by atoms with Gasteiger partial charge in [0, 0.05) is 18.3 Å². The highest BCUT2D eigenvalue weighted by Crippen LogP contribution is 2.27. The van der Waals surface area contributed by atoms with Crippen LogP contribution in [0.25, 0.3) is 11.3 Å². The van der Waals surface area contributed by atoms with Crippen LogP contribution in [-0.4, -0.2) is 32.2 Å². The van der Waals surface area contributed by atoms with Crippen molar-refractivity contribution in [2.24, 2.45) is 0 Å². The zero-order valence-electron chi connectivity index (χ0n) is 17.9. The van der Waals surface area contributed by atoms with Gasteiger partial charge in [0.1, 0.15) is 11.4 Å². The molecule has 1 aliphatic rings. The molecule has 6 nitrogen and oxygen atoms in total. The number of fused-ring (bicyclic) bond motifs is 1. The lowest BCUT2D eigenvalue weighted by molar-refractivity contribution is -0.133. The molecule has 2 aromatic heterocycles. The van der Waals surface area contributed by atoms with E-state index in [1.54, 1.807) is 0 Å². The van der Waals surface area contributed by atoms with Gasteiger partial charge in [0.05, 0.1) is 25.0 Å². The van der Waals surface area contributed by atoms with Gasteiger partial charge >= 0.3 is 0 Å². The number of benzene rings is 2. The first kappa shape index (κ1) is 20.0.